The Kier molecular flexibility index (Phi) is 16.5. The van der Waals surface area contributed by atoms with Crippen molar-refractivity contribution in [3.8, 4) is 58.2 Å². The first-order chi connectivity index (χ1) is 37.3. The van der Waals surface area contributed by atoms with Gasteiger partial charge >= 0.3 is 0 Å². The van der Waals surface area contributed by atoms with E-state index in [1.807, 2.05) is 61.5 Å². The molecule has 4 atom stereocenters. The molecule has 9 nitrogen and oxygen atoms in total. The third-order valence-corrected chi connectivity index (χ3v) is 15.0. The predicted molar refractivity (Wildman–Crippen MR) is 303 cm³/mol. The van der Waals surface area contributed by atoms with Gasteiger partial charge in [0.2, 0.25) is 0 Å². The summed E-state index contributed by atoms with van der Waals surface area (Å²) in [6, 6.07) is 43.1. The molecule has 10 heteroatoms. The van der Waals surface area contributed by atoms with Crippen molar-refractivity contribution in [1.29, 1.82) is 1.28 Å². The predicted octanol–water partition coefficient (Wildman–Crippen LogP) is 13.7. The first kappa shape index (κ1) is 50.2. The van der Waals surface area contributed by atoms with Crippen LogP contribution < -0.4 is 18.7 Å². The molecule has 5 aliphatic heterocycles. The molecule has 0 bridgehead atoms. The van der Waals surface area contributed by atoms with Gasteiger partial charge in [-0.15, -0.1) is 0 Å². The number of hydrogen-bond donors (Lipinski definition) is 2. The molecule has 6 aromatic rings. The number of piperidine rings is 2. The number of nitrogens with zero attached hydrogens (tertiary/aromatic N) is 2. The number of likely N-dealkylation sites (tertiary alicyclic amines) is 2. The Morgan fingerprint density at radius 3 is 1.68 bits per heavy atom. The van der Waals surface area contributed by atoms with Crippen LogP contribution in [0.25, 0.3) is 22.3 Å². The van der Waals surface area contributed by atoms with Crippen LogP contribution in [0.15, 0.2) is 133 Å². The van der Waals surface area contributed by atoms with Gasteiger partial charge in [0.05, 0.1) is 30.4 Å². The van der Waals surface area contributed by atoms with E-state index < -0.39 is 0 Å². The summed E-state index contributed by atoms with van der Waals surface area (Å²) < 4.78 is 38.3. The third-order valence-electron chi connectivity index (χ3n) is 14.8. The van der Waals surface area contributed by atoms with E-state index in [0.29, 0.717) is 5.75 Å². The molecule has 5 aliphatic rings. The van der Waals surface area contributed by atoms with Gasteiger partial charge in [0, 0.05) is 39.8 Å². The Hall–Kier alpha value is -6.97. The highest BCUT2D eigenvalue weighted by Crippen LogP contribution is 2.49. The minimum absolute atomic E-state index is 0.197. The maximum Gasteiger partial charge on any atom is 0.199 e. The fraction of sp³-hybridized carbons (Fsp3) is 0.323. The molecule has 4 unspecified atom stereocenters. The molecule has 2 N–H and O–H groups in total. The summed E-state index contributed by atoms with van der Waals surface area (Å²) in [4.78, 5) is 4.86. The van der Waals surface area contributed by atoms with E-state index in [1.165, 1.54) is 38.5 Å². The van der Waals surface area contributed by atoms with Crippen LogP contribution in [0.1, 0.15) is 128 Å². The van der Waals surface area contributed by atoms with Crippen LogP contribution in [0.3, 0.4) is 0 Å². The number of hydrogen-bond acceptors (Lipinski definition) is 9. The average molecular weight is 1020 g/mol. The van der Waals surface area contributed by atoms with E-state index in [0.717, 1.165) is 149 Å². The van der Waals surface area contributed by atoms with Gasteiger partial charge in [-0.3, -0.25) is 9.80 Å². The minimum Gasteiger partial charge on any atom is -0.508 e. The van der Waals surface area contributed by atoms with Gasteiger partial charge in [0.15, 0.2) is 6.29 Å². The van der Waals surface area contributed by atoms with E-state index in [4.69, 9.17) is 24.7 Å². The van der Waals surface area contributed by atoms with Gasteiger partial charge in [-0.2, -0.15) is 0 Å². The van der Waals surface area contributed by atoms with Crippen LogP contribution in [0.4, 0.5) is 0 Å². The zero-order valence-corrected chi connectivity index (χ0v) is 44.1. The first-order valence-corrected chi connectivity index (χ1v) is 27.0. The Morgan fingerprint density at radius 1 is 0.573 bits per heavy atom. The number of phenols is 2. The highest BCUT2D eigenvalue weighted by molar-refractivity contribution is 7.10. The van der Waals surface area contributed by atoms with Crippen LogP contribution in [-0.4, -0.2) is 73.5 Å². The molecule has 11 rings (SSSR count). The Morgan fingerprint density at radius 2 is 1.12 bits per heavy atom. The van der Waals surface area contributed by atoms with Crippen molar-refractivity contribution >= 4 is 31.7 Å². The van der Waals surface area contributed by atoms with Gasteiger partial charge in [-0.05, 0) is 197 Å². The lowest BCUT2D eigenvalue weighted by atomic mass is 9.86. The molecule has 3 fully saturated rings. The SMILES string of the molecule is CC1=C(c2cccc(O)c2)C(c2ccc(C#CCN3CCCCC3)cc2)Oc2ccc(O)cc21.[3H]POc1ccc2c(c1)C(C)=C(c1cccc(OC3CCCCO3)c1)C(c1ccc(C#CCN3CCCCC3)cc1)O2. The zero-order chi connectivity index (χ0) is 52.2. The van der Waals surface area contributed by atoms with Crippen LogP contribution in [0, 0.1) is 23.7 Å². The fourth-order valence-electron chi connectivity index (χ4n) is 10.7. The average Bonchev–Trinajstić information content (AvgIpc) is 3.49. The Bertz CT molecular complexity index is 3170. The molecule has 0 saturated carbocycles. The van der Waals surface area contributed by atoms with Gasteiger partial charge in [-0.1, -0.05) is 85.1 Å². The molecule has 6 aromatic carbocycles. The second-order valence-electron chi connectivity index (χ2n) is 20.0. The Labute approximate surface area is 446 Å². The number of rotatable bonds is 10. The molecular weight excluding hydrogens is 952 g/mol. The molecule has 0 aromatic heterocycles. The molecule has 384 valence electrons. The quantitative estimate of drug-likeness (QED) is 0.103. The number of ether oxygens (including phenoxy) is 4. The summed E-state index contributed by atoms with van der Waals surface area (Å²) in [5.74, 6) is 16.7. The highest BCUT2D eigenvalue weighted by Gasteiger charge is 2.32. The van der Waals surface area contributed by atoms with Crippen molar-refractivity contribution in [3.63, 3.8) is 0 Å². The summed E-state index contributed by atoms with van der Waals surface area (Å²) >= 11 is 0. The van der Waals surface area contributed by atoms with Crippen molar-refractivity contribution < 1.29 is 33.7 Å². The summed E-state index contributed by atoms with van der Waals surface area (Å²) in [7, 11) is -0.370. The summed E-state index contributed by atoms with van der Waals surface area (Å²) in [5, 5.41) is 20.2. The van der Waals surface area contributed by atoms with Crippen molar-refractivity contribution in [2.75, 3.05) is 45.9 Å². The van der Waals surface area contributed by atoms with Crippen LogP contribution in [0.5, 0.6) is 34.5 Å². The molecule has 0 spiro atoms. The molecule has 0 aliphatic carbocycles. The summed E-state index contributed by atoms with van der Waals surface area (Å²) in [5.41, 5.74) is 12.0. The van der Waals surface area contributed by atoms with Crippen molar-refractivity contribution in [2.45, 2.75) is 90.1 Å². The van der Waals surface area contributed by atoms with E-state index >= 15 is 0 Å². The van der Waals surface area contributed by atoms with Crippen molar-refractivity contribution in [2.24, 2.45) is 0 Å². The van der Waals surface area contributed by atoms with Gasteiger partial charge in [0.1, 0.15) is 46.7 Å². The van der Waals surface area contributed by atoms with E-state index in [2.05, 4.69) is 88.9 Å². The number of benzene rings is 6. The van der Waals surface area contributed by atoms with Gasteiger partial charge < -0.3 is 33.7 Å². The van der Waals surface area contributed by atoms with E-state index in [-0.39, 0.29) is 39.4 Å². The number of allylic oxidation sites excluding steroid dienone is 2. The lowest BCUT2D eigenvalue weighted by Gasteiger charge is -2.31. The highest BCUT2D eigenvalue weighted by atomic mass is 31.0. The minimum atomic E-state index is -0.370. The second-order valence-corrected chi connectivity index (χ2v) is 20.2. The maximum atomic E-state index is 10.1. The summed E-state index contributed by atoms with van der Waals surface area (Å²) in [6.45, 7) is 11.2. The number of phenolic OH excluding ortho intramolecular Hbond substituents is 2. The standard InChI is InChI=1S/C35H38NO4P.C30H29NO3/c1-25-31-24-30(40-41)17-18-32(31)39-35(27-15-13-26(14-16-27)9-8-21-36-19-4-2-5-20-36)34(25)28-10-7-11-29(23-28)38-33-12-3-6-22-37-33;1-21-27-20-26(33)14-15-28(27)34-30(29(21)24-8-5-9-25(32)19-24)23-12-10-22(11-13-23)7-6-18-31-16-3-2-4-17-31/h7,10-11,13-18,23-24,33,35H,2-6,12,19-22,41H2,1H3;5,8-15,19-20,30,32-33H,2-4,16-18H2,1H3/i41T;. The normalized spacial score (nSPS) is 19.9. The van der Waals surface area contributed by atoms with Crippen molar-refractivity contribution in [1.82, 2.24) is 9.80 Å². The van der Waals surface area contributed by atoms with Crippen LogP contribution in [0.2, 0.25) is 0 Å². The van der Waals surface area contributed by atoms with E-state index in [1.54, 1.807) is 30.3 Å². The molecule has 5 heterocycles. The first-order valence-electron chi connectivity index (χ1n) is 27.1. The monoisotopic (exact) mass is 1020 g/mol. The van der Waals surface area contributed by atoms with Crippen LogP contribution in [-0.2, 0) is 4.74 Å². The van der Waals surface area contributed by atoms with Gasteiger partial charge in [0.25, 0.3) is 0 Å². The van der Waals surface area contributed by atoms with Crippen LogP contribution >= 0.6 is 9.41 Å². The molecule has 75 heavy (non-hydrogen) atoms. The molecular formula is C65H67N2O7P. The molecule has 3 saturated heterocycles. The van der Waals surface area contributed by atoms with E-state index in [9.17, 15) is 10.2 Å². The number of fused-ring (bicyclic) bond motifs is 2. The fourth-order valence-corrected chi connectivity index (χ4v) is 10.9. The second kappa shape index (κ2) is 24.6. The summed E-state index contributed by atoms with van der Waals surface area (Å²) in [6.07, 6.45) is 10.0. The smallest absolute Gasteiger partial charge is 0.199 e. The molecule has 0 radical (unpaired) electrons. The largest absolute Gasteiger partial charge is 0.508 e. The number of aromatic hydroxyl groups is 2. The lowest BCUT2D eigenvalue weighted by Crippen LogP contribution is -2.29. The lowest BCUT2D eigenvalue weighted by molar-refractivity contribution is -0.105. The third kappa shape index (κ3) is 12.8. The Balaban J connectivity index is 0.000000177. The zero-order valence-electron chi connectivity index (χ0n) is 44.1. The topological polar surface area (TPSA) is 93.1 Å². The van der Waals surface area contributed by atoms with Gasteiger partial charge in [-0.25, -0.2) is 0 Å². The molecule has 0 amide bonds. The maximum absolute atomic E-state index is 10.1. The van der Waals surface area contributed by atoms with Crippen molar-refractivity contribution in [3.05, 3.63) is 178 Å².